The fourth-order valence-electron chi connectivity index (χ4n) is 11.4. The van der Waals surface area contributed by atoms with Crippen molar-refractivity contribution >= 4 is 71.3 Å². The summed E-state index contributed by atoms with van der Waals surface area (Å²) in [5.41, 5.74) is 17.1. The lowest BCUT2D eigenvalue weighted by Crippen LogP contribution is -2.36. The molecule has 2 nitrogen and oxygen atoms in total. The number of furan rings is 1. The van der Waals surface area contributed by atoms with Gasteiger partial charge in [0.1, 0.15) is 11.2 Å². The van der Waals surface area contributed by atoms with Gasteiger partial charge in [-0.15, -0.1) is 0 Å². The van der Waals surface area contributed by atoms with E-state index in [1.807, 2.05) is 6.07 Å². The molecule has 0 saturated heterocycles. The summed E-state index contributed by atoms with van der Waals surface area (Å²) < 4.78 is 6.56. The summed E-state index contributed by atoms with van der Waals surface area (Å²) in [5, 5.41) is 9.80. The van der Waals surface area contributed by atoms with Crippen molar-refractivity contribution in [1.82, 2.24) is 0 Å². The van der Waals surface area contributed by atoms with Crippen LogP contribution in [0, 0.1) is 0 Å². The van der Waals surface area contributed by atoms with Crippen molar-refractivity contribution in [1.29, 1.82) is 0 Å². The van der Waals surface area contributed by atoms with Gasteiger partial charge in [0, 0.05) is 33.9 Å². The molecule has 0 amide bonds. The standard InChI is InChI=1S/C61H37NO/c1-2-14-39(15-3-1)45-33-34-52-46-19-6-8-23-53(46)61(55-25-12-22-50(45)60(52)55)54-24-11-18-40-17-10-21-51(59(40)54)47-31-29-43(36-56(47)61)62(42-28-27-38-13-4-5-16-41(38)35-42)44-30-32-49-48-20-7-9-26-57(48)63-58(49)37-44/h1-37H. The van der Waals surface area contributed by atoms with Gasteiger partial charge in [-0.2, -0.15) is 0 Å². The Morgan fingerprint density at radius 1 is 0.302 bits per heavy atom. The van der Waals surface area contributed by atoms with Gasteiger partial charge in [-0.05, 0) is 130 Å². The van der Waals surface area contributed by atoms with E-state index in [1.165, 1.54) is 88.0 Å². The Hall–Kier alpha value is -8.20. The minimum Gasteiger partial charge on any atom is -0.456 e. The van der Waals surface area contributed by atoms with Crippen LogP contribution in [0.25, 0.3) is 87.6 Å². The van der Waals surface area contributed by atoms with Crippen molar-refractivity contribution in [3.63, 3.8) is 0 Å². The van der Waals surface area contributed by atoms with E-state index < -0.39 is 5.41 Å². The van der Waals surface area contributed by atoms with Crippen LogP contribution in [0.5, 0.6) is 0 Å². The molecule has 12 aromatic rings. The molecule has 1 unspecified atom stereocenters. The molecule has 1 spiro atoms. The highest BCUT2D eigenvalue weighted by molar-refractivity contribution is 6.14. The van der Waals surface area contributed by atoms with Gasteiger partial charge in [-0.25, -0.2) is 0 Å². The van der Waals surface area contributed by atoms with Crippen LogP contribution in [0.15, 0.2) is 229 Å². The summed E-state index contributed by atoms with van der Waals surface area (Å²) in [7, 11) is 0. The number of rotatable bonds is 4. The number of nitrogens with zero attached hydrogens (tertiary/aromatic N) is 1. The summed E-state index contributed by atoms with van der Waals surface area (Å²) in [6.45, 7) is 0. The molecule has 1 atom stereocenters. The summed E-state index contributed by atoms with van der Waals surface area (Å²) >= 11 is 0. The molecule has 1 aromatic heterocycles. The van der Waals surface area contributed by atoms with Crippen LogP contribution in [0.2, 0.25) is 0 Å². The summed E-state index contributed by atoms with van der Waals surface area (Å²) in [6.07, 6.45) is 0. The Balaban J connectivity index is 1.11. The Bertz CT molecular complexity index is 3870. The third-order valence-corrected chi connectivity index (χ3v) is 14.0. The van der Waals surface area contributed by atoms with E-state index in [-0.39, 0.29) is 0 Å². The molecule has 0 N–H and O–H groups in total. The van der Waals surface area contributed by atoms with Crippen LogP contribution < -0.4 is 4.90 Å². The van der Waals surface area contributed by atoms with Crippen LogP contribution in [0.1, 0.15) is 22.3 Å². The summed E-state index contributed by atoms with van der Waals surface area (Å²) in [6, 6.07) is 83.2. The zero-order valence-corrected chi connectivity index (χ0v) is 34.2. The van der Waals surface area contributed by atoms with Crippen LogP contribution >= 0.6 is 0 Å². The van der Waals surface area contributed by atoms with Gasteiger partial charge in [0.2, 0.25) is 0 Å². The van der Waals surface area contributed by atoms with Crippen LogP contribution in [-0.2, 0) is 5.41 Å². The third kappa shape index (κ3) is 4.72. The van der Waals surface area contributed by atoms with Crippen molar-refractivity contribution in [3.05, 3.63) is 247 Å². The van der Waals surface area contributed by atoms with Crippen LogP contribution in [-0.4, -0.2) is 0 Å². The van der Waals surface area contributed by atoms with Crippen molar-refractivity contribution < 1.29 is 4.42 Å². The lowest BCUT2D eigenvalue weighted by molar-refractivity contribution is 0.669. The highest BCUT2D eigenvalue weighted by Gasteiger charge is 2.49. The average molecular weight is 800 g/mol. The predicted molar refractivity (Wildman–Crippen MR) is 263 cm³/mol. The SMILES string of the molecule is c1ccc(-c2ccc3c4c(cccc24)C2(c4cc(N(c5ccc6ccccc6c5)c5ccc6c(c5)oc5ccccc56)ccc4-c4cccc5cccc2c45)c2ccccc2-3)cc1. The van der Waals surface area contributed by atoms with E-state index >= 15 is 0 Å². The van der Waals surface area contributed by atoms with Crippen molar-refractivity contribution in [2.45, 2.75) is 5.41 Å². The monoisotopic (exact) mass is 799 g/mol. The van der Waals surface area contributed by atoms with E-state index in [0.29, 0.717) is 0 Å². The van der Waals surface area contributed by atoms with Crippen LogP contribution in [0.3, 0.4) is 0 Å². The second-order valence-corrected chi connectivity index (χ2v) is 17.1. The topological polar surface area (TPSA) is 16.4 Å². The van der Waals surface area contributed by atoms with E-state index in [0.717, 1.165) is 39.0 Å². The Kier molecular flexibility index (Phi) is 7.07. The molecule has 0 radical (unpaired) electrons. The summed E-state index contributed by atoms with van der Waals surface area (Å²) in [4.78, 5) is 2.42. The van der Waals surface area contributed by atoms with Crippen LogP contribution in [0.4, 0.5) is 17.1 Å². The molecule has 292 valence electrons. The van der Waals surface area contributed by atoms with Gasteiger partial charge < -0.3 is 9.32 Å². The van der Waals surface area contributed by atoms with Gasteiger partial charge >= 0.3 is 0 Å². The first kappa shape index (κ1) is 34.5. The number of anilines is 3. The molecule has 2 heteroatoms. The average Bonchev–Trinajstić information content (AvgIpc) is 3.72. The maximum atomic E-state index is 6.56. The Labute approximate surface area is 364 Å². The molecule has 2 aliphatic rings. The molecule has 63 heavy (non-hydrogen) atoms. The normalized spacial score (nSPS) is 14.7. The maximum absolute atomic E-state index is 6.56. The minimum atomic E-state index is -0.643. The minimum absolute atomic E-state index is 0.643. The van der Waals surface area contributed by atoms with E-state index in [1.54, 1.807) is 0 Å². The molecule has 11 aromatic carbocycles. The first-order chi connectivity index (χ1) is 31.2. The quantitative estimate of drug-likeness (QED) is 0.176. The fraction of sp³-hybridized carbons (Fsp3) is 0.0164. The lowest BCUT2D eigenvalue weighted by atomic mass is 9.55. The number of fused-ring (bicyclic) bond motifs is 12. The highest BCUT2D eigenvalue weighted by Crippen LogP contribution is 2.62. The smallest absolute Gasteiger partial charge is 0.137 e. The number of benzene rings is 11. The second-order valence-electron chi connectivity index (χ2n) is 17.1. The zero-order chi connectivity index (χ0) is 41.2. The van der Waals surface area contributed by atoms with E-state index in [2.05, 4.69) is 223 Å². The van der Waals surface area contributed by atoms with Gasteiger partial charge in [0.25, 0.3) is 0 Å². The lowest BCUT2D eigenvalue weighted by Gasteiger charge is -2.46. The van der Waals surface area contributed by atoms with Gasteiger partial charge in [-0.3, -0.25) is 0 Å². The van der Waals surface area contributed by atoms with Crippen molar-refractivity contribution in [2.75, 3.05) is 4.90 Å². The number of hydrogen-bond acceptors (Lipinski definition) is 2. The van der Waals surface area contributed by atoms with Crippen molar-refractivity contribution in [2.24, 2.45) is 0 Å². The van der Waals surface area contributed by atoms with E-state index in [4.69, 9.17) is 4.42 Å². The van der Waals surface area contributed by atoms with Gasteiger partial charge in [-0.1, -0.05) is 176 Å². The van der Waals surface area contributed by atoms with E-state index in [9.17, 15) is 0 Å². The molecule has 14 rings (SSSR count). The summed E-state index contributed by atoms with van der Waals surface area (Å²) in [5.74, 6) is 0. The Morgan fingerprint density at radius 2 is 0.873 bits per heavy atom. The first-order valence-electron chi connectivity index (χ1n) is 21.8. The molecule has 2 aliphatic carbocycles. The molecule has 0 fully saturated rings. The maximum Gasteiger partial charge on any atom is 0.137 e. The van der Waals surface area contributed by atoms with Gasteiger partial charge in [0.15, 0.2) is 0 Å². The Morgan fingerprint density at radius 3 is 1.79 bits per heavy atom. The molecular weight excluding hydrogens is 763 g/mol. The fourth-order valence-corrected chi connectivity index (χ4v) is 11.4. The number of hydrogen-bond donors (Lipinski definition) is 0. The van der Waals surface area contributed by atoms with Gasteiger partial charge in [0.05, 0.1) is 5.41 Å². The first-order valence-corrected chi connectivity index (χ1v) is 21.8. The largest absolute Gasteiger partial charge is 0.456 e. The second kappa shape index (κ2) is 12.9. The molecule has 1 heterocycles. The molecule has 0 aliphatic heterocycles. The molecule has 0 saturated carbocycles. The highest BCUT2D eigenvalue weighted by atomic mass is 16.3. The third-order valence-electron chi connectivity index (χ3n) is 14.0. The zero-order valence-electron chi connectivity index (χ0n) is 34.2. The van der Waals surface area contributed by atoms with Crippen molar-refractivity contribution in [3.8, 4) is 33.4 Å². The molecular formula is C61H37NO. The predicted octanol–water partition coefficient (Wildman–Crippen LogP) is 16.5. The molecule has 0 bridgehead atoms. The number of para-hydroxylation sites is 1.